The Morgan fingerprint density at radius 2 is 1.74 bits per heavy atom. The minimum atomic E-state index is -3.20. The highest BCUT2D eigenvalue weighted by atomic mass is 32.2. The van der Waals surface area contributed by atoms with Crippen molar-refractivity contribution in [2.45, 2.75) is 70.4 Å². The molecule has 2 unspecified atom stereocenters. The van der Waals surface area contributed by atoms with E-state index in [0.717, 1.165) is 32.1 Å². The molecule has 1 aliphatic carbocycles. The standard InChI is InChI=1S/C14H27NO3S/c1-12(16)14-9-5-6-10-15(14)19(17,18)11-13-7-3-2-4-8-13/h12-14,16H,2-11H2,1H3. The second-order valence-corrected chi connectivity index (χ2v) is 8.16. The van der Waals surface area contributed by atoms with E-state index in [4.69, 9.17) is 0 Å². The van der Waals surface area contributed by atoms with Crippen LogP contribution in [0.2, 0.25) is 0 Å². The van der Waals surface area contributed by atoms with E-state index < -0.39 is 16.1 Å². The maximum atomic E-state index is 12.6. The van der Waals surface area contributed by atoms with Crippen LogP contribution in [0.5, 0.6) is 0 Å². The van der Waals surface area contributed by atoms with Crippen molar-refractivity contribution in [1.82, 2.24) is 4.31 Å². The number of rotatable bonds is 4. The molecule has 0 aromatic heterocycles. The van der Waals surface area contributed by atoms with Crippen LogP contribution in [-0.2, 0) is 10.0 Å². The number of aliphatic hydroxyl groups excluding tert-OH is 1. The Bertz CT molecular complexity index is 374. The summed E-state index contributed by atoms with van der Waals surface area (Å²) in [5.41, 5.74) is 0. The summed E-state index contributed by atoms with van der Waals surface area (Å²) in [4.78, 5) is 0. The number of piperidine rings is 1. The third-order valence-electron chi connectivity index (χ3n) is 4.58. The average Bonchev–Trinajstić information content (AvgIpc) is 2.39. The highest BCUT2D eigenvalue weighted by Crippen LogP contribution is 2.29. The van der Waals surface area contributed by atoms with E-state index in [2.05, 4.69) is 0 Å². The van der Waals surface area contributed by atoms with Crippen molar-refractivity contribution in [2.24, 2.45) is 5.92 Å². The molecule has 4 nitrogen and oxygen atoms in total. The SMILES string of the molecule is CC(O)C1CCCCN1S(=O)(=O)CC1CCCCC1. The maximum absolute atomic E-state index is 12.6. The van der Waals surface area contributed by atoms with E-state index >= 15 is 0 Å². The summed E-state index contributed by atoms with van der Waals surface area (Å²) in [7, 11) is -3.20. The Balaban J connectivity index is 2.03. The van der Waals surface area contributed by atoms with Gasteiger partial charge in [0.05, 0.1) is 17.9 Å². The van der Waals surface area contributed by atoms with Crippen molar-refractivity contribution in [2.75, 3.05) is 12.3 Å². The van der Waals surface area contributed by atoms with Crippen molar-refractivity contribution < 1.29 is 13.5 Å². The molecule has 1 saturated heterocycles. The molecule has 2 aliphatic rings. The van der Waals surface area contributed by atoms with Crippen molar-refractivity contribution in [3.05, 3.63) is 0 Å². The molecular weight excluding hydrogens is 262 g/mol. The van der Waals surface area contributed by atoms with Crippen LogP contribution in [0, 0.1) is 5.92 Å². The Labute approximate surface area is 117 Å². The van der Waals surface area contributed by atoms with Gasteiger partial charge in [0.15, 0.2) is 0 Å². The molecule has 5 heteroatoms. The molecule has 2 rings (SSSR count). The lowest BCUT2D eigenvalue weighted by atomic mass is 9.91. The smallest absolute Gasteiger partial charge is 0.214 e. The molecule has 1 aliphatic heterocycles. The zero-order valence-corrected chi connectivity index (χ0v) is 12.7. The summed E-state index contributed by atoms with van der Waals surface area (Å²) in [6.45, 7) is 2.30. The van der Waals surface area contributed by atoms with Crippen LogP contribution in [0.3, 0.4) is 0 Å². The first kappa shape index (κ1) is 15.3. The first-order valence-corrected chi connectivity index (χ1v) is 9.29. The molecule has 19 heavy (non-hydrogen) atoms. The molecule has 0 amide bonds. The molecular formula is C14H27NO3S. The van der Waals surface area contributed by atoms with Crippen molar-refractivity contribution >= 4 is 10.0 Å². The van der Waals surface area contributed by atoms with E-state index in [1.54, 1.807) is 11.2 Å². The minimum Gasteiger partial charge on any atom is -0.392 e. The van der Waals surface area contributed by atoms with E-state index in [9.17, 15) is 13.5 Å². The number of aliphatic hydroxyl groups is 1. The van der Waals surface area contributed by atoms with Crippen LogP contribution >= 0.6 is 0 Å². The quantitative estimate of drug-likeness (QED) is 0.862. The summed E-state index contributed by atoms with van der Waals surface area (Å²) in [6.07, 6.45) is 7.84. The Morgan fingerprint density at radius 3 is 2.37 bits per heavy atom. The molecule has 0 spiro atoms. The predicted molar refractivity (Wildman–Crippen MR) is 76.4 cm³/mol. The lowest BCUT2D eigenvalue weighted by Gasteiger charge is -2.37. The van der Waals surface area contributed by atoms with Gasteiger partial charge in [0, 0.05) is 6.54 Å². The van der Waals surface area contributed by atoms with Crippen LogP contribution in [0.25, 0.3) is 0 Å². The molecule has 1 N–H and O–H groups in total. The van der Waals surface area contributed by atoms with Crippen LogP contribution in [0.15, 0.2) is 0 Å². The Kier molecular flexibility index (Phi) is 5.26. The summed E-state index contributed by atoms with van der Waals surface area (Å²) < 4.78 is 26.8. The van der Waals surface area contributed by atoms with Crippen LogP contribution < -0.4 is 0 Å². The topological polar surface area (TPSA) is 57.6 Å². The molecule has 0 aromatic carbocycles. The molecule has 0 bridgehead atoms. The van der Waals surface area contributed by atoms with Crippen LogP contribution in [-0.4, -0.2) is 42.3 Å². The molecule has 2 fully saturated rings. The van der Waals surface area contributed by atoms with Gasteiger partial charge in [0.1, 0.15) is 0 Å². The van der Waals surface area contributed by atoms with E-state index in [1.165, 1.54) is 19.3 Å². The van der Waals surface area contributed by atoms with Gasteiger partial charge in [-0.1, -0.05) is 25.7 Å². The first-order chi connectivity index (χ1) is 9.00. The number of nitrogens with zero attached hydrogens (tertiary/aromatic N) is 1. The second-order valence-electron chi connectivity index (χ2n) is 6.20. The summed E-state index contributed by atoms with van der Waals surface area (Å²) >= 11 is 0. The fourth-order valence-electron chi connectivity index (χ4n) is 3.51. The van der Waals surface area contributed by atoms with Gasteiger partial charge in [-0.2, -0.15) is 4.31 Å². The highest BCUT2D eigenvalue weighted by Gasteiger charge is 2.36. The van der Waals surface area contributed by atoms with E-state index in [-0.39, 0.29) is 11.8 Å². The predicted octanol–water partition coefficient (Wildman–Crippen LogP) is 2.13. The van der Waals surface area contributed by atoms with Gasteiger partial charge < -0.3 is 5.11 Å². The van der Waals surface area contributed by atoms with Crippen LogP contribution in [0.1, 0.15) is 58.3 Å². The minimum absolute atomic E-state index is 0.206. The molecule has 0 aromatic rings. The van der Waals surface area contributed by atoms with E-state index in [0.29, 0.717) is 12.5 Å². The van der Waals surface area contributed by atoms with Crippen molar-refractivity contribution in [3.63, 3.8) is 0 Å². The third-order valence-corrected chi connectivity index (χ3v) is 6.64. The summed E-state index contributed by atoms with van der Waals surface area (Å²) in [6, 6.07) is -0.206. The molecule has 2 atom stereocenters. The Morgan fingerprint density at radius 1 is 1.11 bits per heavy atom. The monoisotopic (exact) mass is 289 g/mol. The van der Waals surface area contributed by atoms with Gasteiger partial charge in [0.25, 0.3) is 0 Å². The van der Waals surface area contributed by atoms with Gasteiger partial charge in [0.2, 0.25) is 10.0 Å². The van der Waals surface area contributed by atoms with Gasteiger partial charge >= 0.3 is 0 Å². The number of sulfonamides is 1. The summed E-state index contributed by atoms with van der Waals surface area (Å²) in [5, 5.41) is 9.81. The summed E-state index contributed by atoms with van der Waals surface area (Å²) in [5.74, 6) is 0.617. The molecule has 1 saturated carbocycles. The lowest BCUT2D eigenvalue weighted by Crippen LogP contribution is -2.50. The highest BCUT2D eigenvalue weighted by molar-refractivity contribution is 7.89. The Hall–Kier alpha value is -0.130. The fourth-order valence-corrected chi connectivity index (χ4v) is 5.73. The van der Waals surface area contributed by atoms with Gasteiger partial charge in [-0.15, -0.1) is 0 Å². The van der Waals surface area contributed by atoms with Crippen molar-refractivity contribution in [1.29, 1.82) is 0 Å². The number of hydrogen-bond donors (Lipinski definition) is 1. The second kappa shape index (κ2) is 6.55. The fraction of sp³-hybridized carbons (Fsp3) is 1.00. The molecule has 1 heterocycles. The largest absolute Gasteiger partial charge is 0.392 e. The lowest BCUT2D eigenvalue weighted by molar-refractivity contribution is 0.0827. The zero-order chi connectivity index (χ0) is 13.9. The first-order valence-electron chi connectivity index (χ1n) is 7.68. The van der Waals surface area contributed by atoms with Crippen LogP contribution in [0.4, 0.5) is 0 Å². The normalized spacial score (nSPS) is 29.3. The third kappa shape index (κ3) is 3.92. The van der Waals surface area contributed by atoms with Gasteiger partial charge in [-0.25, -0.2) is 8.42 Å². The zero-order valence-electron chi connectivity index (χ0n) is 11.9. The molecule has 112 valence electrons. The average molecular weight is 289 g/mol. The number of hydrogen-bond acceptors (Lipinski definition) is 3. The van der Waals surface area contributed by atoms with Gasteiger partial charge in [-0.05, 0) is 38.5 Å². The maximum Gasteiger partial charge on any atom is 0.214 e. The van der Waals surface area contributed by atoms with E-state index in [1.807, 2.05) is 0 Å². The molecule has 0 radical (unpaired) electrons. The van der Waals surface area contributed by atoms with Crippen molar-refractivity contribution in [3.8, 4) is 0 Å². The van der Waals surface area contributed by atoms with Gasteiger partial charge in [-0.3, -0.25) is 0 Å².